The number of aliphatic hydroxyl groups is 3. The lowest BCUT2D eigenvalue weighted by Crippen LogP contribution is -2.60. The lowest BCUT2D eigenvalue weighted by atomic mass is 9.99. The van der Waals surface area contributed by atoms with Crippen LogP contribution in [0.4, 0.5) is 0 Å². The average molecular weight is 803 g/mol. The van der Waals surface area contributed by atoms with Crippen LogP contribution >= 0.6 is 0 Å². The molecule has 0 aromatic carbocycles. The predicted molar refractivity (Wildman–Crippen MR) is 216 cm³/mol. The topological polar surface area (TPSA) is 178 Å². The lowest BCUT2D eigenvalue weighted by Gasteiger charge is -2.41. The first-order valence-corrected chi connectivity index (χ1v) is 22.3. The van der Waals surface area contributed by atoms with Gasteiger partial charge in [0, 0.05) is 13.0 Å². The van der Waals surface area contributed by atoms with Gasteiger partial charge in [0.05, 0.1) is 19.8 Å². The molecule has 0 saturated carbocycles. The molecular formula is C42H74O12S. The molecule has 320 valence electrons. The third kappa shape index (κ3) is 28.2. The number of carbonyl (C=O) groups excluding carboxylic acids is 1. The van der Waals surface area contributed by atoms with Gasteiger partial charge in [0.25, 0.3) is 0 Å². The van der Waals surface area contributed by atoms with E-state index in [2.05, 4.69) is 66.6 Å². The molecule has 4 N–H and O–H groups in total. The van der Waals surface area contributed by atoms with Gasteiger partial charge in [0.1, 0.15) is 30.5 Å². The maximum atomic E-state index is 12.7. The quantitative estimate of drug-likeness (QED) is 0.0210. The third-order valence-corrected chi connectivity index (χ3v) is 9.68. The van der Waals surface area contributed by atoms with Crippen molar-refractivity contribution in [1.82, 2.24) is 0 Å². The molecule has 0 spiro atoms. The van der Waals surface area contributed by atoms with E-state index in [9.17, 15) is 28.5 Å². The molecule has 1 heterocycles. The molecule has 1 aliphatic heterocycles. The summed E-state index contributed by atoms with van der Waals surface area (Å²) in [6.07, 6.45) is 30.2. The summed E-state index contributed by atoms with van der Waals surface area (Å²) in [6, 6.07) is 0. The Morgan fingerprint density at radius 2 is 1.25 bits per heavy atom. The van der Waals surface area contributed by atoms with Crippen LogP contribution in [0.15, 0.2) is 48.6 Å². The Kier molecular flexibility index (Phi) is 31.7. The Morgan fingerprint density at radius 1 is 0.709 bits per heavy atom. The van der Waals surface area contributed by atoms with E-state index in [4.69, 9.17) is 23.5 Å². The highest BCUT2D eigenvalue weighted by Gasteiger charge is 2.48. The van der Waals surface area contributed by atoms with Crippen LogP contribution in [-0.4, -0.2) is 97.5 Å². The highest BCUT2D eigenvalue weighted by Crippen LogP contribution is 2.26. The number of allylic oxidation sites excluding steroid dienone is 8. The number of hydrogen-bond acceptors (Lipinski definition) is 11. The average Bonchev–Trinajstić information content (AvgIpc) is 3.15. The zero-order valence-corrected chi connectivity index (χ0v) is 34.5. The van der Waals surface area contributed by atoms with E-state index in [0.29, 0.717) is 13.0 Å². The molecule has 0 radical (unpaired) electrons. The Hall–Kier alpha value is -1.94. The fourth-order valence-electron chi connectivity index (χ4n) is 6.07. The van der Waals surface area contributed by atoms with Gasteiger partial charge in [-0.2, -0.15) is 8.42 Å². The molecule has 1 saturated heterocycles. The summed E-state index contributed by atoms with van der Waals surface area (Å²) >= 11 is 0. The first-order valence-electron chi connectivity index (χ1n) is 20.9. The number of hydrogen-bond donors (Lipinski definition) is 4. The van der Waals surface area contributed by atoms with Crippen molar-refractivity contribution in [2.45, 2.75) is 185 Å². The van der Waals surface area contributed by atoms with E-state index in [-0.39, 0.29) is 19.6 Å². The highest BCUT2D eigenvalue weighted by atomic mass is 32.3. The standard InChI is InChI=1S/C42H74O12S/c1-3-5-7-9-11-13-14-15-16-17-18-19-20-21-22-23-24-26-28-30-32-50-34-36(52-38(44)31-29-27-25-12-10-8-6-4-2)35-51-42-40(46)41(54-55(47,48)49)39(45)37(33-43)53-42/h5,7,11,13,15-16,18-19,36-37,39-43,45-46H,3-4,6,8-10,12,14,17,20-35H2,1-2H3,(H,47,48,49)/b7-5-,13-11-,16-15-,19-18-. The van der Waals surface area contributed by atoms with Crippen LogP contribution in [-0.2, 0) is 38.3 Å². The minimum atomic E-state index is -5.06. The molecule has 6 atom stereocenters. The van der Waals surface area contributed by atoms with E-state index >= 15 is 0 Å². The number of rotatable bonds is 35. The first kappa shape index (κ1) is 51.1. The molecule has 55 heavy (non-hydrogen) atoms. The largest absolute Gasteiger partial charge is 0.457 e. The van der Waals surface area contributed by atoms with Crippen LogP contribution in [0.2, 0.25) is 0 Å². The van der Waals surface area contributed by atoms with Crippen molar-refractivity contribution in [2.75, 3.05) is 26.4 Å². The number of unbranched alkanes of at least 4 members (excludes halogenated alkanes) is 14. The monoisotopic (exact) mass is 802 g/mol. The van der Waals surface area contributed by atoms with Crippen LogP contribution in [0, 0.1) is 0 Å². The Balaban J connectivity index is 2.40. The molecule has 0 aliphatic carbocycles. The number of esters is 1. The van der Waals surface area contributed by atoms with Crippen LogP contribution < -0.4 is 0 Å². The Bertz CT molecular complexity index is 1160. The van der Waals surface area contributed by atoms with Crippen LogP contribution in [0.3, 0.4) is 0 Å². The molecule has 6 unspecified atom stereocenters. The smallest absolute Gasteiger partial charge is 0.397 e. The fourth-order valence-corrected chi connectivity index (χ4v) is 6.58. The molecule has 0 aromatic rings. The molecular weight excluding hydrogens is 729 g/mol. The van der Waals surface area contributed by atoms with Gasteiger partial charge in [-0.1, -0.05) is 140 Å². The molecule has 12 nitrogen and oxygen atoms in total. The van der Waals surface area contributed by atoms with Crippen molar-refractivity contribution in [3.8, 4) is 0 Å². The molecule has 0 amide bonds. The number of carbonyl (C=O) groups is 1. The van der Waals surface area contributed by atoms with E-state index in [1.54, 1.807) is 0 Å². The zero-order chi connectivity index (χ0) is 40.4. The van der Waals surface area contributed by atoms with Crippen LogP contribution in [0.1, 0.15) is 149 Å². The maximum absolute atomic E-state index is 12.7. The summed E-state index contributed by atoms with van der Waals surface area (Å²) in [5, 5.41) is 30.5. The van der Waals surface area contributed by atoms with Crippen molar-refractivity contribution in [3.05, 3.63) is 48.6 Å². The number of ether oxygens (including phenoxy) is 4. The summed E-state index contributed by atoms with van der Waals surface area (Å²) in [6.45, 7) is 3.79. The predicted octanol–water partition coefficient (Wildman–Crippen LogP) is 8.02. The molecule has 1 rings (SSSR count). The van der Waals surface area contributed by atoms with Gasteiger partial charge in [-0.05, 0) is 51.4 Å². The van der Waals surface area contributed by atoms with Crippen LogP contribution in [0.5, 0.6) is 0 Å². The molecule has 13 heteroatoms. The fraction of sp³-hybridized carbons (Fsp3) is 0.786. The van der Waals surface area contributed by atoms with E-state index in [1.807, 2.05) is 0 Å². The summed E-state index contributed by atoms with van der Waals surface area (Å²) in [7, 11) is -5.06. The molecule has 1 fully saturated rings. The minimum absolute atomic E-state index is 0.0281. The molecule has 0 aromatic heterocycles. The van der Waals surface area contributed by atoms with Crippen molar-refractivity contribution in [3.63, 3.8) is 0 Å². The highest BCUT2D eigenvalue weighted by molar-refractivity contribution is 7.80. The van der Waals surface area contributed by atoms with E-state index in [0.717, 1.165) is 77.0 Å². The second-order valence-corrected chi connectivity index (χ2v) is 15.3. The van der Waals surface area contributed by atoms with Gasteiger partial charge in [-0.15, -0.1) is 0 Å². The van der Waals surface area contributed by atoms with Crippen molar-refractivity contribution >= 4 is 16.4 Å². The van der Waals surface area contributed by atoms with E-state index < -0.39 is 59.8 Å². The van der Waals surface area contributed by atoms with E-state index in [1.165, 1.54) is 44.9 Å². The lowest BCUT2D eigenvalue weighted by molar-refractivity contribution is -0.301. The Labute approximate surface area is 332 Å². The summed E-state index contributed by atoms with van der Waals surface area (Å²) < 4.78 is 58.8. The Morgan fingerprint density at radius 3 is 1.84 bits per heavy atom. The minimum Gasteiger partial charge on any atom is -0.457 e. The SMILES string of the molecule is CC/C=C\C/C=C\C/C=C\C/C=C\CCCCCCCCCOCC(COC1OC(CO)C(O)C(OS(=O)(=O)O)C1O)OC(=O)CCCCCCCCCC. The summed E-state index contributed by atoms with van der Waals surface area (Å²) in [5.74, 6) is -0.411. The van der Waals surface area contributed by atoms with Gasteiger partial charge >= 0.3 is 16.4 Å². The van der Waals surface area contributed by atoms with Crippen molar-refractivity contribution in [1.29, 1.82) is 0 Å². The summed E-state index contributed by atoms with van der Waals surface area (Å²) in [5.41, 5.74) is 0. The third-order valence-electron chi connectivity index (χ3n) is 9.22. The maximum Gasteiger partial charge on any atom is 0.397 e. The summed E-state index contributed by atoms with van der Waals surface area (Å²) in [4.78, 5) is 12.7. The normalized spacial score (nSPS) is 21.5. The van der Waals surface area contributed by atoms with Gasteiger partial charge < -0.3 is 34.3 Å². The van der Waals surface area contributed by atoms with Crippen molar-refractivity contribution in [2.24, 2.45) is 0 Å². The van der Waals surface area contributed by atoms with Crippen molar-refractivity contribution < 1.29 is 56.2 Å². The zero-order valence-electron chi connectivity index (χ0n) is 33.7. The molecule has 1 aliphatic rings. The second-order valence-electron chi connectivity index (χ2n) is 14.2. The van der Waals surface area contributed by atoms with Gasteiger partial charge in [-0.3, -0.25) is 9.35 Å². The van der Waals surface area contributed by atoms with Gasteiger partial charge in [0.15, 0.2) is 6.29 Å². The second kappa shape index (κ2) is 34.1. The first-order chi connectivity index (χ1) is 26.6. The molecule has 0 bridgehead atoms. The van der Waals surface area contributed by atoms with Gasteiger partial charge in [0.2, 0.25) is 0 Å². The van der Waals surface area contributed by atoms with Crippen LogP contribution in [0.25, 0.3) is 0 Å². The number of aliphatic hydroxyl groups excluding tert-OH is 3. The van der Waals surface area contributed by atoms with Gasteiger partial charge in [-0.25, -0.2) is 4.18 Å².